The minimum absolute atomic E-state index is 0.149. The third-order valence-corrected chi connectivity index (χ3v) is 5.12. The minimum atomic E-state index is -0.611. The van der Waals surface area contributed by atoms with Crippen LogP contribution < -0.4 is 20.3 Å². The fraction of sp³-hybridized carbons (Fsp3) is 0.176. The van der Waals surface area contributed by atoms with E-state index >= 15 is 0 Å². The third kappa shape index (κ3) is 2.43. The predicted molar refractivity (Wildman–Crippen MR) is 92.0 cm³/mol. The molecule has 1 N–H and O–H groups in total. The highest BCUT2D eigenvalue weighted by Gasteiger charge is 2.21. The summed E-state index contributed by atoms with van der Waals surface area (Å²) in [5, 5.41) is 3.44. The molecule has 2 aromatic carbocycles. The Balaban J connectivity index is 1.59. The van der Waals surface area contributed by atoms with Crippen molar-refractivity contribution in [1.82, 2.24) is 3.96 Å². The van der Waals surface area contributed by atoms with Gasteiger partial charge in [-0.25, -0.2) is 0 Å². The van der Waals surface area contributed by atoms with Crippen LogP contribution in [0.2, 0.25) is 0 Å². The van der Waals surface area contributed by atoms with Gasteiger partial charge in [-0.15, -0.1) is 0 Å². The molecule has 1 aliphatic rings. The molecule has 1 aromatic heterocycles. The first kappa shape index (κ1) is 14.8. The quantitative estimate of drug-likeness (QED) is 0.794. The van der Waals surface area contributed by atoms with Gasteiger partial charge < -0.3 is 14.8 Å². The van der Waals surface area contributed by atoms with Gasteiger partial charge in [-0.3, -0.25) is 13.5 Å². The van der Waals surface area contributed by atoms with E-state index in [1.165, 1.54) is 15.5 Å². The summed E-state index contributed by atoms with van der Waals surface area (Å²) in [6.45, 7) is 1.89. The largest absolute Gasteiger partial charge is 0.454 e. The van der Waals surface area contributed by atoms with Gasteiger partial charge in [-0.2, -0.15) is 0 Å². The summed E-state index contributed by atoms with van der Waals surface area (Å²) in [6, 6.07) is 11.9. The number of ether oxygens (including phenoxy) is 2. The van der Waals surface area contributed by atoms with Crippen molar-refractivity contribution in [3.05, 3.63) is 52.8 Å². The SMILES string of the molecule is CC(C(=O)Nc1ccc2c(c1)OCO2)n1sc2ccccc2c1=O. The number of rotatable bonds is 3. The van der Waals surface area contributed by atoms with Crippen LogP contribution in [-0.4, -0.2) is 16.7 Å². The second kappa shape index (κ2) is 5.68. The minimum Gasteiger partial charge on any atom is -0.454 e. The summed E-state index contributed by atoms with van der Waals surface area (Å²) in [5.41, 5.74) is 0.453. The summed E-state index contributed by atoms with van der Waals surface area (Å²) < 4.78 is 12.9. The molecule has 1 atom stereocenters. The normalized spacial score (nSPS) is 13.9. The van der Waals surface area contributed by atoms with Gasteiger partial charge in [0.05, 0.1) is 10.1 Å². The molecule has 0 bridgehead atoms. The maximum atomic E-state index is 12.5. The summed E-state index contributed by atoms with van der Waals surface area (Å²) in [4.78, 5) is 24.9. The number of carbonyl (C=O) groups is 1. The van der Waals surface area contributed by atoms with E-state index in [1.54, 1.807) is 31.2 Å². The van der Waals surface area contributed by atoms with Crippen LogP contribution in [-0.2, 0) is 4.79 Å². The Labute approximate surface area is 141 Å². The molecule has 0 radical (unpaired) electrons. The van der Waals surface area contributed by atoms with E-state index in [1.807, 2.05) is 18.2 Å². The summed E-state index contributed by atoms with van der Waals surface area (Å²) in [6.07, 6.45) is 0. The molecule has 1 aliphatic heterocycles. The van der Waals surface area contributed by atoms with Gasteiger partial charge >= 0.3 is 0 Å². The molecule has 4 rings (SSSR count). The molecular weight excluding hydrogens is 328 g/mol. The van der Waals surface area contributed by atoms with Crippen LogP contribution in [0.5, 0.6) is 11.5 Å². The zero-order valence-corrected chi connectivity index (χ0v) is 13.6. The van der Waals surface area contributed by atoms with Crippen LogP contribution in [0.25, 0.3) is 10.1 Å². The standard InChI is InChI=1S/C17H14N2O4S/c1-10(19-17(21)12-4-2-3-5-15(12)24-19)16(20)18-11-6-7-13-14(8-11)23-9-22-13/h2-8,10H,9H2,1H3,(H,18,20). The van der Waals surface area contributed by atoms with Crippen LogP contribution in [0.3, 0.4) is 0 Å². The van der Waals surface area contributed by atoms with Crippen molar-refractivity contribution >= 4 is 33.2 Å². The van der Waals surface area contributed by atoms with Crippen LogP contribution in [0, 0.1) is 0 Å². The number of fused-ring (bicyclic) bond motifs is 2. The number of hydrogen-bond acceptors (Lipinski definition) is 5. The van der Waals surface area contributed by atoms with Gasteiger partial charge in [-0.1, -0.05) is 23.7 Å². The fourth-order valence-corrected chi connectivity index (χ4v) is 3.61. The molecule has 1 unspecified atom stereocenters. The number of nitrogens with zero attached hydrogens (tertiary/aromatic N) is 1. The second-order valence-corrected chi connectivity index (χ2v) is 6.47. The molecular formula is C17H14N2O4S. The molecule has 0 spiro atoms. The van der Waals surface area contributed by atoms with Crippen LogP contribution >= 0.6 is 11.5 Å². The third-order valence-electron chi connectivity index (χ3n) is 3.89. The molecule has 7 heteroatoms. The highest BCUT2D eigenvalue weighted by atomic mass is 32.1. The second-order valence-electron chi connectivity index (χ2n) is 5.45. The number of aromatic nitrogens is 1. The zero-order chi connectivity index (χ0) is 16.7. The number of amides is 1. The molecule has 0 saturated heterocycles. The van der Waals surface area contributed by atoms with E-state index in [4.69, 9.17) is 9.47 Å². The van der Waals surface area contributed by atoms with E-state index in [9.17, 15) is 9.59 Å². The van der Waals surface area contributed by atoms with E-state index in [-0.39, 0.29) is 18.3 Å². The van der Waals surface area contributed by atoms with Crippen molar-refractivity contribution < 1.29 is 14.3 Å². The molecule has 0 saturated carbocycles. The van der Waals surface area contributed by atoms with Gasteiger partial charge in [0.25, 0.3) is 5.56 Å². The number of anilines is 1. The number of benzene rings is 2. The van der Waals surface area contributed by atoms with Crippen LogP contribution in [0.15, 0.2) is 47.3 Å². The predicted octanol–water partition coefficient (Wildman–Crippen LogP) is 2.99. The maximum Gasteiger partial charge on any atom is 0.269 e. The molecule has 3 aromatic rings. The molecule has 0 aliphatic carbocycles. The van der Waals surface area contributed by atoms with Crippen LogP contribution in [0.1, 0.15) is 13.0 Å². The van der Waals surface area contributed by atoms with E-state index < -0.39 is 6.04 Å². The number of carbonyl (C=O) groups excluding carboxylic acids is 1. The van der Waals surface area contributed by atoms with E-state index in [0.29, 0.717) is 22.6 Å². The van der Waals surface area contributed by atoms with Crippen molar-refractivity contribution in [2.75, 3.05) is 12.1 Å². The van der Waals surface area contributed by atoms with Crippen molar-refractivity contribution in [1.29, 1.82) is 0 Å². The lowest BCUT2D eigenvalue weighted by molar-refractivity contribution is -0.118. The molecule has 122 valence electrons. The first-order valence-corrected chi connectivity index (χ1v) is 8.22. The summed E-state index contributed by atoms with van der Waals surface area (Å²) in [7, 11) is 0. The number of nitrogens with one attached hydrogen (secondary N) is 1. The topological polar surface area (TPSA) is 69.6 Å². The highest BCUT2D eigenvalue weighted by Crippen LogP contribution is 2.34. The van der Waals surface area contributed by atoms with Crippen molar-refractivity contribution in [2.45, 2.75) is 13.0 Å². The van der Waals surface area contributed by atoms with Gasteiger partial charge in [-0.05, 0) is 31.2 Å². The number of hydrogen-bond donors (Lipinski definition) is 1. The Bertz CT molecular complexity index is 992. The van der Waals surface area contributed by atoms with E-state index in [0.717, 1.165) is 4.70 Å². The molecule has 2 heterocycles. The fourth-order valence-electron chi connectivity index (χ4n) is 2.57. The zero-order valence-electron chi connectivity index (χ0n) is 12.8. The van der Waals surface area contributed by atoms with Crippen molar-refractivity contribution in [3.63, 3.8) is 0 Å². The van der Waals surface area contributed by atoms with Crippen molar-refractivity contribution in [2.24, 2.45) is 0 Å². The summed E-state index contributed by atoms with van der Waals surface area (Å²) in [5.74, 6) is 0.990. The average molecular weight is 342 g/mol. The molecule has 1 amide bonds. The monoisotopic (exact) mass is 342 g/mol. The molecule has 6 nitrogen and oxygen atoms in total. The Kier molecular flexibility index (Phi) is 3.50. The van der Waals surface area contributed by atoms with Gasteiger partial charge in [0.15, 0.2) is 11.5 Å². The van der Waals surface area contributed by atoms with Gasteiger partial charge in [0.2, 0.25) is 12.7 Å². The lowest BCUT2D eigenvalue weighted by Gasteiger charge is -2.12. The Morgan fingerprint density at radius 3 is 2.83 bits per heavy atom. The Morgan fingerprint density at radius 1 is 1.21 bits per heavy atom. The summed E-state index contributed by atoms with van der Waals surface area (Å²) >= 11 is 1.29. The van der Waals surface area contributed by atoms with Crippen molar-refractivity contribution in [3.8, 4) is 11.5 Å². The smallest absolute Gasteiger partial charge is 0.269 e. The first-order valence-electron chi connectivity index (χ1n) is 7.44. The average Bonchev–Trinajstić information content (AvgIpc) is 3.18. The maximum absolute atomic E-state index is 12.5. The van der Waals surface area contributed by atoms with Crippen LogP contribution in [0.4, 0.5) is 5.69 Å². The molecule has 0 fully saturated rings. The first-order chi connectivity index (χ1) is 11.6. The Hall–Kier alpha value is -2.80. The van der Waals surface area contributed by atoms with Gasteiger partial charge in [0.1, 0.15) is 6.04 Å². The highest BCUT2D eigenvalue weighted by molar-refractivity contribution is 7.14. The lowest BCUT2D eigenvalue weighted by Crippen LogP contribution is -2.28. The molecule has 24 heavy (non-hydrogen) atoms. The van der Waals surface area contributed by atoms with E-state index in [2.05, 4.69) is 5.32 Å². The lowest BCUT2D eigenvalue weighted by atomic mass is 10.2. The Morgan fingerprint density at radius 2 is 2.00 bits per heavy atom. The van der Waals surface area contributed by atoms with Gasteiger partial charge in [0, 0.05) is 11.8 Å².